The van der Waals surface area contributed by atoms with Crippen molar-refractivity contribution in [1.82, 2.24) is 0 Å². The number of carboxylic acids is 1. The summed E-state index contributed by atoms with van der Waals surface area (Å²) >= 11 is 0. The van der Waals surface area contributed by atoms with Crippen molar-refractivity contribution in [3.8, 4) is 0 Å². The van der Waals surface area contributed by atoms with Crippen LogP contribution < -0.4 is 0 Å². The van der Waals surface area contributed by atoms with Crippen molar-refractivity contribution < 1.29 is 24.2 Å². The fraction of sp³-hybridized carbons (Fsp3) is 0.545. The van der Waals surface area contributed by atoms with Gasteiger partial charge in [0.2, 0.25) is 5.76 Å². The van der Waals surface area contributed by atoms with Gasteiger partial charge in [0.25, 0.3) is 0 Å². The Morgan fingerprint density at radius 1 is 1.50 bits per heavy atom. The van der Waals surface area contributed by atoms with E-state index in [-0.39, 0.29) is 11.5 Å². The van der Waals surface area contributed by atoms with Crippen LogP contribution >= 0.6 is 0 Å². The summed E-state index contributed by atoms with van der Waals surface area (Å²) in [6.07, 6.45) is 0.511. The van der Waals surface area contributed by atoms with Crippen molar-refractivity contribution >= 4 is 5.97 Å². The summed E-state index contributed by atoms with van der Waals surface area (Å²) in [5.74, 6) is -1.04. The van der Waals surface area contributed by atoms with Gasteiger partial charge in [0.15, 0.2) is 0 Å². The number of furan rings is 1. The fourth-order valence-corrected chi connectivity index (χ4v) is 1.23. The second kappa shape index (κ2) is 6.30. The van der Waals surface area contributed by atoms with Crippen LogP contribution in [0.25, 0.3) is 0 Å². The number of rotatable bonds is 7. The molecule has 0 bridgehead atoms. The van der Waals surface area contributed by atoms with E-state index in [0.717, 1.165) is 6.42 Å². The molecule has 16 heavy (non-hydrogen) atoms. The zero-order valence-electron chi connectivity index (χ0n) is 9.18. The molecule has 0 aliphatic rings. The lowest BCUT2D eigenvalue weighted by molar-refractivity contribution is 0.0616. The monoisotopic (exact) mass is 228 g/mol. The Labute approximate surface area is 93.6 Å². The zero-order valence-corrected chi connectivity index (χ0v) is 9.18. The summed E-state index contributed by atoms with van der Waals surface area (Å²) in [6.45, 7) is 3.09. The van der Waals surface area contributed by atoms with Crippen LogP contribution in [0.1, 0.15) is 42.2 Å². The molecule has 0 fully saturated rings. The van der Waals surface area contributed by atoms with Crippen LogP contribution in [0.3, 0.4) is 0 Å². The molecule has 1 atom stereocenters. The summed E-state index contributed by atoms with van der Waals surface area (Å²) in [7, 11) is 0. The van der Waals surface area contributed by atoms with Crippen LogP contribution in [0.15, 0.2) is 16.5 Å². The third-order valence-electron chi connectivity index (χ3n) is 2.05. The van der Waals surface area contributed by atoms with Crippen molar-refractivity contribution in [2.24, 2.45) is 0 Å². The summed E-state index contributed by atoms with van der Waals surface area (Å²) in [5, 5.41) is 18.3. The van der Waals surface area contributed by atoms with E-state index in [4.69, 9.17) is 14.3 Å². The summed E-state index contributed by atoms with van der Waals surface area (Å²) in [5.41, 5.74) is 0. The van der Waals surface area contributed by atoms with Crippen LogP contribution in [0.2, 0.25) is 0 Å². The predicted molar refractivity (Wildman–Crippen MR) is 56.4 cm³/mol. The van der Waals surface area contributed by atoms with Gasteiger partial charge in [0.05, 0.1) is 0 Å². The maximum Gasteiger partial charge on any atom is 0.371 e. The first kappa shape index (κ1) is 12.7. The maximum absolute atomic E-state index is 10.5. The van der Waals surface area contributed by atoms with Crippen LogP contribution in [0.5, 0.6) is 0 Å². The van der Waals surface area contributed by atoms with Crippen LogP contribution in [-0.4, -0.2) is 29.4 Å². The van der Waals surface area contributed by atoms with E-state index in [1.807, 2.05) is 6.92 Å². The van der Waals surface area contributed by atoms with Crippen molar-refractivity contribution in [3.05, 3.63) is 23.7 Å². The fourth-order valence-electron chi connectivity index (χ4n) is 1.23. The molecule has 1 unspecified atom stereocenters. The first-order chi connectivity index (χ1) is 7.65. The highest BCUT2D eigenvalue weighted by Gasteiger charge is 2.15. The quantitative estimate of drug-likeness (QED) is 0.696. The second-order valence-electron chi connectivity index (χ2n) is 3.42. The molecule has 1 aromatic heterocycles. The topological polar surface area (TPSA) is 79.9 Å². The molecular formula is C11H16O5. The Kier molecular flexibility index (Phi) is 5.01. The van der Waals surface area contributed by atoms with Gasteiger partial charge >= 0.3 is 5.97 Å². The van der Waals surface area contributed by atoms with Crippen molar-refractivity contribution in [2.45, 2.75) is 25.9 Å². The van der Waals surface area contributed by atoms with Gasteiger partial charge < -0.3 is 19.4 Å². The Balaban J connectivity index is 2.40. The third-order valence-corrected chi connectivity index (χ3v) is 2.05. The lowest BCUT2D eigenvalue weighted by Gasteiger charge is -2.07. The van der Waals surface area contributed by atoms with Gasteiger partial charge in [-0.2, -0.15) is 0 Å². The number of carboxylic acid groups (broad SMARTS) is 1. The molecule has 0 saturated heterocycles. The van der Waals surface area contributed by atoms with Crippen molar-refractivity contribution in [2.75, 3.05) is 13.2 Å². The molecule has 0 saturated carbocycles. The molecule has 0 aliphatic heterocycles. The highest BCUT2D eigenvalue weighted by Crippen LogP contribution is 2.19. The first-order valence-corrected chi connectivity index (χ1v) is 5.24. The molecule has 1 heterocycles. The van der Waals surface area contributed by atoms with E-state index in [2.05, 4.69) is 0 Å². The maximum atomic E-state index is 10.5. The molecule has 0 amide bonds. The number of ether oxygens (including phenoxy) is 1. The number of aromatic carboxylic acids is 1. The summed E-state index contributed by atoms with van der Waals surface area (Å²) in [6, 6.07) is 2.79. The lowest BCUT2D eigenvalue weighted by atomic mass is 10.2. The minimum Gasteiger partial charge on any atom is -0.475 e. The Morgan fingerprint density at radius 3 is 2.81 bits per heavy atom. The van der Waals surface area contributed by atoms with Gasteiger partial charge in [-0.15, -0.1) is 0 Å². The third kappa shape index (κ3) is 3.67. The van der Waals surface area contributed by atoms with E-state index in [1.165, 1.54) is 12.1 Å². The van der Waals surface area contributed by atoms with Crippen LogP contribution in [0, 0.1) is 0 Å². The standard InChI is InChI=1S/C11H16O5/c1-2-6-15-7-5-8(12)9-3-4-10(16-9)11(13)14/h3-4,8,12H,2,5-7H2,1H3,(H,13,14). The lowest BCUT2D eigenvalue weighted by Crippen LogP contribution is -2.03. The predicted octanol–water partition coefficient (Wildman–Crippen LogP) is 1.83. The molecule has 0 aromatic carbocycles. The molecule has 2 N–H and O–H groups in total. The average Bonchev–Trinajstić information content (AvgIpc) is 2.73. The molecule has 0 spiro atoms. The second-order valence-corrected chi connectivity index (χ2v) is 3.42. The average molecular weight is 228 g/mol. The number of hydrogen-bond acceptors (Lipinski definition) is 4. The molecule has 5 nitrogen and oxygen atoms in total. The van der Waals surface area contributed by atoms with Gasteiger partial charge in [-0.1, -0.05) is 6.92 Å². The minimum absolute atomic E-state index is 0.163. The van der Waals surface area contributed by atoms with E-state index < -0.39 is 12.1 Å². The molecule has 1 aromatic rings. The number of hydrogen-bond donors (Lipinski definition) is 2. The van der Waals surface area contributed by atoms with Gasteiger partial charge in [-0.3, -0.25) is 0 Å². The Hall–Kier alpha value is -1.33. The van der Waals surface area contributed by atoms with Gasteiger partial charge in [-0.25, -0.2) is 4.79 Å². The SMILES string of the molecule is CCCOCCC(O)c1ccc(C(=O)O)o1. The van der Waals surface area contributed by atoms with Crippen LogP contribution in [-0.2, 0) is 4.74 Å². The smallest absolute Gasteiger partial charge is 0.371 e. The van der Waals surface area contributed by atoms with E-state index in [0.29, 0.717) is 19.6 Å². The highest BCUT2D eigenvalue weighted by molar-refractivity contribution is 5.84. The molecule has 5 heteroatoms. The largest absolute Gasteiger partial charge is 0.475 e. The highest BCUT2D eigenvalue weighted by atomic mass is 16.5. The van der Waals surface area contributed by atoms with E-state index in [1.54, 1.807) is 0 Å². The molecule has 90 valence electrons. The number of aliphatic hydroxyl groups is 1. The van der Waals surface area contributed by atoms with E-state index in [9.17, 15) is 9.90 Å². The zero-order chi connectivity index (χ0) is 12.0. The molecular weight excluding hydrogens is 212 g/mol. The van der Waals surface area contributed by atoms with Crippen molar-refractivity contribution in [3.63, 3.8) is 0 Å². The van der Waals surface area contributed by atoms with E-state index >= 15 is 0 Å². The van der Waals surface area contributed by atoms with Crippen molar-refractivity contribution in [1.29, 1.82) is 0 Å². The summed E-state index contributed by atoms with van der Waals surface area (Å²) < 4.78 is 10.2. The Morgan fingerprint density at radius 2 is 2.25 bits per heavy atom. The molecule has 1 rings (SSSR count). The Bertz CT molecular complexity index is 331. The summed E-state index contributed by atoms with van der Waals surface area (Å²) in [4.78, 5) is 10.5. The number of aliphatic hydroxyl groups excluding tert-OH is 1. The first-order valence-electron chi connectivity index (χ1n) is 5.24. The van der Waals surface area contributed by atoms with Gasteiger partial charge in [0, 0.05) is 19.6 Å². The normalized spacial score (nSPS) is 12.6. The molecule has 0 aliphatic carbocycles. The molecule has 0 radical (unpaired) electrons. The minimum atomic E-state index is -1.14. The van der Waals surface area contributed by atoms with Gasteiger partial charge in [0.1, 0.15) is 11.9 Å². The van der Waals surface area contributed by atoms with Crippen LogP contribution in [0.4, 0.5) is 0 Å². The number of carbonyl (C=O) groups is 1. The van der Waals surface area contributed by atoms with Gasteiger partial charge in [-0.05, 0) is 18.6 Å².